The molecule has 1 rings (SSSR count). The van der Waals surface area contributed by atoms with Crippen molar-refractivity contribution in [3.8, 4) is 0 Å². The minimum atomic E-state index is -1.34. The molecule has 1 aliphatic rings. The summed E-state index contributed by atoms with van der Waals surface area (Å²) in [5.41, 5.74) is 0. The SMILES string of the molecule is CCOC(=O)C1C([Si](C)(C)C)=C1[Si](C)(C)C. The predicted molar refractivity (Wildman–Crippen MR) is 73.8 cm³/mol. The van der Waals surface area contributed by atoms with Gasteiger partial charge in [-0.2, -0.15) is 0 Å². The Labute approximate surface area is 101 Å². The van der Waals surface area contributed by atoms with E-state index in [1.165, 1.54) is 10.4 Å². The van der Waals surface area contributed by atoms with Crippen LogP contribution in [-0.2, 0) is 9.53 Å². The minimum Gasteiger partial charge on any atom is -0.465 e. The van der Waals surface area contributed by atoms with Gasteiger partial charge < -0.3 is 4.74 Å². The minimum absolute atomic E-state index is 0.00245. The van der Waals surface area contributed by atoms with E-state index in [2.05, 4.69) is 39.3 Å². The summed E-state index contributed by atoms with van der Waals surface area (Å²) in [5, 5.41) is 2.95. The van der Waals surface area contributed by atoms with E-state index in [1.807, 2.05) is 6.92 Å². The van der Waals surface area contributed by atoms with Gasteiger partial charge in [-0.25, -0.2) is 0 Å². The zero-order valence-electron chi connectivity index (χ0n) is 11.6. The van der Waals surface area contributed by atoms with Crippen molar-refractivity contribution in [2.24, 2.45) is 5.92 Å². The van der Waals surface area contributed by atoms with Gasteiger partial charge in [0.05, 0.1) is 28.7 Å². The Bertz CT molecular complexity index is 308. The first-order chi connectivity index (χ1) is 7.10. The molecule has 0 aromatic carbocycles. The Hall–Kier alpha value is -0.356. The first-order valence-electron chi connectivity index (χ1n) is 6.02. The van der Waals surface area contributed by atoms with Crippen molar-refractivity contribution in [1.82, 2.24) is 0 Å². The van der Waals surface area contributed by atoms with E-state index >= 15 is 0 Å². The van der Waals surface area contributed by atoms with Crippen molar-refractivity contribution in [3.63, 3.8) is 0 Å². The number of hydrogen-bond acceptors (Lipinski definition) is 2. The van der Waals surface area contributed by atoms with Gasteiger partial charge in [0.2, 0.25) is 0 Å². The lowest BCUT2D eigenvalue weighted by molar-refractivity contribution is -0.144. The Morgan fingerprint density at radius 2 is 1.44 bits per heavy atom. The van der Waals surface area contributed by atoms with Crippen LogP contribution in [0.15, 0.2) is 10.4 Å². The third-order valence-corrected chi connectivity index (χ3v) is 7.52. The summed E-state index contributed by atoms with van der Waals surface area (Å²) < 4.78 is 5.18. The van der Waals surface area contributed by atoms with Gasteiger partial charge in [-0.15, -0.1) is 0 Å². The maximum Gasteiger partial charge on any atom is 0.316 e. The second kappa shape index (κ2) is 4.15. The molecule has 0 saturated heterocycles. The molecule has 0 aliphatic heterocycles. The molecular weight excluding hydrogens is 232 g/mol. The van der Waals surface area contributed by atoms with Crippen molar-refractivity contribution in [2.45, 2.75) is 46.2 Å². The number of ether oxygens (including phenoxy) is 1. The van der Waals surface area contributed by atoms with Gasteiger partial charge >= 0.3 is 5.97 Å². The number of rotatable bonds is 4. The predicted octanol–water partition coefficient (Wildman–Crippen LogP) is 3.23. The third-order valence-electron chi connectivity index (χ3n) is 2.92. The summed E-state index contributed by atoms with van der Waals surface area (Å²) in [6.45, 7) is 16.3. The smallest absolute Gasteiger partial charge is 0.316 e. The Morgan fingerprint density at radius 3 is 1.69 bits per heavy atom. The van der Waals surface area contributed by atoms with Crippen molar-refractivity contribution < 1.29 is 9.53 Å². The molecular formula is C12H24O2Si2. The van der Waals surface area contributed by atoms with Crippen LogP contribution in [0.3, 0.4) is 0 Å². The second-order valence-electron chi connectivity index (χ2n) is 6.51. The van der Waals surface area contributed by atoms with E-state index in [0.29, 0.717) is 6.61 Å². The highest BCUT2D eigenvalue weighted by molar-refractivity contribution is 6.93. The first kappa shape index (κ1) is 13.7. The zero-order chi connectivity index (χ0) is 12.7. The molecule has 0 N–H and O–H groups in total. The maximum absolute atomic E-state index is 11.9. The van der Waals surface area contributed by atoms with Crippen LogP contribution in [0.1, 0.15) is 6.92 Å². The van der Waals surface area contributed by atoms with Crippen molar-refractivity contribution >= 4 is 22.1 Å². The quantitative estimate of drug-likeness (QED) is 0.570. The molecule has 0 bridgehead atoms. The lowest BCUT2D eigenvalue weighted by Crippen LogP contribution is -2.24. The maximum atomic E-state index is 11.9. The largest absolute Gasteiger partial charge is 0.465 e. The normalized spacial score (nSPS) is 17.7. The van der Waals surface area contributed by atoms with E-state index in [1.54, 1.807) is 0 Å². The Balaban J connectivity index is 2.92. The molecule has 0 fully saturated rings. The van der Waals surface area contributed by atoms with Gasteiger partial charge in [0.15, 0.2) is 0 Å². The van der Waals surface area contributed by atoms with E-state index in [9.17, 15) is 4.79 Å². The molecule has 0 radical (unpaired) electrons. The van der Waals surface area contributed by atoms with Crippen LogP contribution in [0.4, 0.5) is 0 Å². The fraction of sp³-hybridized carbons (Fsp3) is 0.750. The summed E-state index contributed by atoms with van der Waals surface area (Å²) >= 11 is 0. The van der Waals surface area contributed by atoms with Gasteiger partial charge in [-0.3, -0.25) is 4.79 Å². The average Bonchev–Trinajstić information content (AvgIpc) is 2.75. The fourth-order valence-corrected chi connectivity index (χ4v) is 8.77. The van der Waals surface area contributed by atoms with Crippen LogP contribution >= 0.6 is 0 Å². The highest BCUT2D eigenvalue weighted by atomic mass is 28.3. The topological polar surface area (TPSA) is 26.3 Å². The molecule has 0 aromatic heterocycles. The van der Waals surface area contributed by atoms with Gasteiger partial charge in [-0.1, -0.05) is 49.7 Å². The summed E-state index contributed by atoms with van der Waals surface area (Å²) in [4.78, 5) is 11.9. The summed E-state index contributed by atoms with van der Waals surface area (Å²) in [6, 6.07) is 0. The molecule has 2 nitrogen and oxygen atoms in total. The molecule has 16 heavy (non-hydrogen) atoms. The number of esters is 1. The Morgan fingerprint density at radius 1 is 1.06 bits per heavy atom. The highest BCUT2D eigenvalue weighted by Gasteiger charge is 2.53. The van der Waals surface area contributed by atoms with Crippen molar-refractivity contribution in [1.29, 1.82) is 0 Å². The molecule has 0 saturated carbocycles. The molecule has 1 aliphatic carbocycles. The standard InChI is InChI=1S/C12H24O2Si2/c1-8-14-12(13)9-10(15(2,3)4)11(9)16(5,6)7/h9H,8H2,1-7H3. The molecule has 0 unspecified atom stereocenters. The van der Waals surface area contributed by atoms with Gasteiger partial charge in [0, 0.05) is 0 Å². The van der Waals surface area contributed by atoms with Gasteiger partial charge in [0.1, 0.15) is 0 Å². The molecule has 0 spiro atoms. The zero-order valence-corrected chi connectivity index (χ0v) is 13.6. The second-order valence-corrected chi connectivity index (χ2v) is 16.6. The average molecular weight is 256 g/mol. The molecule has 0 atom stereocenters. The monoisotopic (exact) mass is 256 g/mol. The lowest BCUT2D eigenvalue weighted by atomic mass is 10.4. The first-order valence-corrected chi connectivity index (χ1v) is 13.0. The van der Waals surface area contributed by atoms with Crippen LogP contribution in [0.2, 0.25) is 39.3 Å². The third kappa shape index (κ3) is 2.66. The van der Waals surface area contributed by atoms with Crippen molar-refractivity contribution in [3.05, 3.63) is 10.4 Å². The van der Waals surface area contributed by atoms with Crippen LogP contribution in [0.25, 0.3) is 0 Å². The van der Waals surface area contributed by atoms with Crippen LogP contribution < -0.4 is 0 Å². The van der Waals surface area contributed by atoms with Gasteiger partial charge in [-0.05, 0) is 6.92 Å². The molecule has 0 amide bonds. The number of carbonyl (C=O) groups is 1. The number of carbonyl (C=O) groups excluding carboxylic acids is 1. The molecule has 0 aromatic rings. The van der Waals surface area contributed by atoms with E-state index in [4.69, 9.17) is 4.74 Å². The molecule has 4 heteroatoms. The Kier molecular flexibility index (Phi) is 3.55. The number of hydrogen-bond donors (Lipinski definition) is 0. The summed E-state index contributed by atoms with van der Waals surface area (Å²) in [5.74, 6) is 0.0654. The highest BCUT2D eigenvalue weighted by Crippen LogP contribution is 2.50. The molecule has 92 valence electrons. The summed E-state index contributed by atoms with van der Waals surface area (Å²) in [6.07, 6.45) is 0. The van der Waals surface area contributed by atoms with E-state index in [-0.39, 0.29) is 11.9 Å². The van der Waals surface area contributed by atoms with Crippen LogP contribution in [0, 0.1) is 5.92 Å². The van der Waals surface area contributed by atoms with Gasteiger partial charge in [0.25, 0.3) is 0 Å². The van der Waals surface area contributed by atoms with Crippen LogP contribution in [0.5, 0.6) is 0 Å². The molecule has 0 heterocycles. The van der Waals surface area contributed by atoms with Crippen molar-refractivity contribution in [2.75, 3.05) is 6.61 Å². The fourth-order valence-electron chi connectivity index (χ4n) is 2.36. The lowest BCUT2D eigenvalue weighted by Gasteiger charge is -2.12. The summed E-state index contributed by atoms with van der Waals surface area (Å²) in [7, 11) is -2.68. The van der Waals surface area contributed by atoms with E-state index in [0.717, 1.165) is 0 Å². The van der Waals surface area contributed by atoms with E-state index < -0.39 is 16.1 Å². The van der Waals surface area contributed by atoms with Crippen LogP contribution in [-0.4, -0.2) is 28.7 Å².